The molecule has 0 radical (unpaired) electrons. The van der Waals surface area contributed by atoms with Gasteiger partial charge in [0, 0.05) is 51.1 Å². The van der Waals surface area contributed by atoms with Crippen molar-refractivity contribution in [2.45, 2.75) is 69.4 Å². The van der Waals surface area contributed by atoms with Gasteiger partial charge in [0.15, 0.2) is 12.6 Å². The summed E-state index contributed by atoms with van der Waals surface area (Å²) in [6.07, 6.45) is 5.54. The van der Waals surface area contributed by atoms with Crippen molar-refractivity contribution in [1.82, 2.24) is 4.90 Å². The van der Waals surface area contributed by atoms with Crippen LogP contribution in [0.5, 0.6) is 0 Å². The molecule has 0 bridgehead atoms. The number of hydrogen-bond donors (Lipinski definition) is 1. The Morgan fingerprint density at radius 3 is 2.83 bits per heavy atom. The van der Waals surface area contributed by atoms with Gasteiger partial charge in [-0.25, -0.2) is 0 Å². The molecule has 4 aliphatic rings. The molecule has 132 valence electrons. The topological polar surface area (TPSA) is 60.4 Å². The highest BCUT2D eigenvalue weighted by Crippen LogP contribution is 2.43. The van der Waals surface area contributed by atoms with Crippen LogP contribution in [-0.4, -0.2) is 73.7 Å². The van der Waals surface area contributed by atoms with Gasteiger partial charge in [0.05, 0.1) is 18.8 Å². The number of aliphatic hydroxyl groups is 1. The Kier molecular flexibility index (Phi) is 5.18. The molecule has 0 aromatic rings. The van der Waals surface area contributed by atoms with Crippen LogP contribution in [0.25, 0.3) is 0 Å². The lowest BCUT2D eigenvalue weighted by atomic mass is 9.97. The van der Waals surface area contributed by atoms with E-state index in [1.165, 1.54) is 6.42 Å². The quantitative estimate of drug-likeness (QED) is 0.838. The van der Waals surface area contributed by atoms with E-state index in [1.807, 2.05) is 0 Å². The summed E-state index contributed by atoms with van der Waals surface area (Å²) in [4.78, 5) is 2.51. The maximum absolute atomic E-state index is 9.88. The molecule has 3 aliphatic heterocycles. The highest BCUT2D eigenvalue weighted by molar-refractivity contribution is 5.02. The second-order valence-electron chi connectivity index (χ2n) is 7.23. The van der Waals surface area contributed by atoms with Gasteiger partial charge >= 0.3 is 0 Å². The molecule has 3 heterocycles. The van der Waals surface area contributed by atoms with E-state index in [1.54, 1.807) is 0 Å². The first kappa shape index (κ1) is 16.2. The first-order chi connectivity index (χ1) is 11.3. The Morgan fingerprint density at radius 1 is 1.00 bits per heavy atom. The third kappa shape index (κ3) is 3.57. The molecule has 6 heteroatoms. The lowest BCUT2D eigenvalue weighted by Gasteiger charge is -2.36. The second-order valence-corrected chi connectivity index (χ2v) is 7.23. The smallest absolute Gasteiger partial charge is 0.158 e. The summed E-state index contributed by atoms with van der Waals surface area (Å²) in [5.74, 6) is 0.358. The lowest BCUT2D eigenvalue weighted by molar-refractivity contribution is -0.201. The fourth-order valence-electron chi connectivity index (χ4n) is 4.70. The number of hydrogen-bond acceptors (Lipinski definition) is 6. The van der Waals surface area contributed by atoms with E-state index in [0.29, 0.717) is 12.0 Å². The predicted octanol–water partition coefficient (Wildman–Crippen LogP) is 1.12. The van der Waals surface area contributed by atoms with Crippen LogP contribution in [0.3, 0.4) is 0 Å². The molecule has 0 amide bonds. The summed E-state index contributed by atoms with van der Waals surface area (Å²) >= 11 is 0. The van der Waals surface area contributed by atoms with Gasteiger partial charge in [-0.1, -0.05) is 0 Å². The zero-order valence-corrected chi connectivity index (χ0v) is 13.8. The maximum Gasteiger partial charge on any atom is 0.158 e. The Morgan fingerprint density at radius 2 is 1.96 bits per heavy atom. The fourth-order valence-corrected chi connectivity index (χ4v) is 4.70. The van der Waals surface area contributed by atoms with Crippen molar-refractivity contribution in [2.75, 3.05) is 32.9 Å². The minimum atomic E-state index is -0.609. The average molecular weight is 327 g/mol. The van der Waals surface area contributed by atoms with Crippen LogP contribution in [0.1, 0.15) is 38.5 Å². The molecule has 6 nitrogen and oxygen atoms in total. The molecule has 0 aromatic carbocycles. The molecule has 0 aromatic heterocycles. The minimum Gasteiger partial charge on any atom is -0.380 e. The van der Waals surface area contributed by atoms with Crippen molar-refractivity contribution in [3.63, 3.8) is 0 Å². The maximum atomic E-state index is 9.88. The van der Waals surface area contributed by atoms with Gasteiger partial charge in [-0.2, -0.15) is 0 Å². The van der Waals surface area contributed by atoms with Crippen molar-refractivity contribution in [3.8, 4) is 0 Å². The van der Waals surface area contributed by atoms with E-state index < -0.39 is 6.29 Å². The monoisotopic (exact) mass is 327 g/mol. The average Bonchev–Trinajstić information content (AvgIpc) is 2.92. The zero-order chi connectivity index (χ0) is 15.6. The van der Waals surface area contributed by atoms with Crippen molar-refractivity contribution in [3.05, 3.63) is 0 Å². The molecule has 3 saturated heterocycles. The third-order valence-electron chi connectivity index (χ3n) is 5.71. The number of aliphatic hydroxyl groups excluding tert-OH is 1. The number of nitrogens with zero attached hydrogens (tertiary/aromatic N) is 1. The summed E-state index contributed by atoms with van der Waals surface area (Å²) in [7, 11) is 0. The highest BCUT2D eigenvalue weighted by atomic mass is 16.7. The number of fused-ring (bicyclic) bond motifs is 1. The largest absolute Gasteiger partial charge is 0.380 e. The molecule has 6 atom stereocenters. The van der Waals surface area contributed by atoms with Crippen LogP contribution in [0.2, 0.25) is 0 Å². The molecule has 23 heavy (non-hydrogen) atoms. The van der Waals surface area contributed by atoms with Crippen LogP contribution in [0.15, 0.2) is 0 Å². The van der Waals surface area contributed by atoms with Gasteiger partial charge in [0.25, 0.3) is 0 Å². The van der Waals surface area contributed by atoms with Gasteiger partial charge in [0.2, 0.25) is 0 Å². The molecule has 0 spiro atoms. The standard InChI is InChI=1S/C17H29NO5/c19-15-10-12-13(22-15)11-14(23-16-4-1-2-8-21-16)17(12)18-5-3-7-20-9-6-18/h12-17,19H,1-11H2/t12-,13-,14+,15?,16?,17+/m1/s1. The highest BCUT2D eigenvalue weighted by Gasteiger charge is 2.52. The number of rotatable bonds is 3. The summed E-state index contributed by atoms with van der Waals surface area (Å²) in [6.45, 7) is 4.41. The molecule has 1 saturated carbocycles. The van der Waals surface area contributed by atoms with E-state index in [2.05, 4.69) is 4.90 Å². The Hall–Kier alpha value is -0.240. The minimum absolute atomic E-state index is 0.0665. The van der Waals surface area contributed by atoms with Gasteiger partial charge in [-0.3, -0.25) is 4.90 Å². The zero-order valence-electron chi connectivity index (χ0n) is 13.8. The fraction of sp³-hybridized carbons (Fsp3) is 1.00. The van der Waals surface area contributed by atoms with Crippen molar-refractivity contribution >= 4 is 0 Å². The second kappa shape index (κ2) is 7.33. The van der Waals surface area contributed by atoms with E-state index in [4.69, 9.17) is 18.9 Å². The normalized spacial score (nSPS) is 45.8. The number of ether oxygens (including phenoxy) is 4. The Balaban J connectivity index is 1.47. The van der Waals surface area contributed by atoms with Crippen LogP contribution in [-0.2, 0) is 18.9 Å². The van der Waals surface area contributed by atoms with Crippen LogP contribution in [0, 0.1) is 5.92 Å². The lowest BCUT2D eigenvalue weighted by Crippen LogP contribution is -2.48. The van der Waals surface area contributed by atoms with E-state index in [0.717, 1.165) is 65.0 Å². The molecule has 4 rings (SSSR count). The van der Waals surface area contributed by atoms with E-state index >= 15 is 0 Å². The van der Waals surface area contributed by atoms with Crippen LogP contribution < -0.4 is 0 Å². The summed E-state index contributed by atoms with van der Waals surface area (Å²) < 4.78 is 23.5. The Bertz CT molecular complexity index is 381. The third-order valence-corrected chi connectivity index (χ3v) is 5.71. The van der Waals surface area contributed by atoms with Crippen molar-refractivity contribution < 1.29 is 24.1 Å². The molecule has 2 unspecified atom stereocenters. The summed E-state index contributed by atoms with van der Waals surface area (Å²) in [5, 5.41) is 9.88. The van der Waals surface area contributed by atoms with Gasteiger partial charge < -0.3 is 24.1 Å². The first-order valence-corrected chi connectivity index (χ1v) is 9.23. The summed E-state index contributed by atoms with van der Waals surface area (Å²) in [6, 6.07) is 0.310. The van der Waals surface area contributed by atoms with Crippen molar-refractivity contribution in [1.29, 1.82) is 0 Å². The predicted molar refractivity (Wildman–Crippen MR) is 82.9 cm³/mol. The molecular weight excluding hydrogens is 298 g/mol. The molecule has 1 aliphatic carbocycles. The SMILES string of the molecule is OC1C[C@H]2[C@H](N3CCCOCC3)[C@@H](OC3CCCCO3)C[C@H]2O1. The van der Waals surface area contributed by atoms with Gasteiger partial charge in [-0.15, -0.1) is 0 Å². The molecule has 4 fully saturated rings. The van der Waals surface area contributed by atoms with E-state index in [9.17, 15) is 5.11 Å². The summed E-state index contributed by atoms with van der Waals surface area (Å²) in [5.41, 5.74) is 0. The van der Waals surface area contributed by atoms with Crippen LogP contribution in [0.4, 0.5) is 0 Å². The first-order valence-electron chi connectivity index (χ1n) is 9.23. The van der Waals surface area contributed by atoms with Gasteiger partial charge in [-0.05, 0) is 25.7 Å². The van der Waals surface area contributed by atoms with Crippen LogP contribution >= 0.6 is 0 Å². The van der Waals surface area contributed by atoms with Crippen molar-refractivity contribution in [2.24, 2.45) is 5.92 Å². The van der Waals surface area contributed by atoms with Gasteiger partial charge in [0.1, 0.15) is 0 Å². The molecule has 1 N–H and O–H groups in total. The molecular formula is C17H29NO5. The Labute approximate surface area is 138 Å². The van der Waals surface area contributed by atoms with E-state index in [-0.39, 0.29) is 18.5 Å².